The lowest BCUT2D eigenvalue weighted by molar-refractivity contribution is -0.135. The third-order valence-corrected chi connectivity index (χ3v) is 7.26. The van der Waals surface area contributed by atoms with Gasteiger partial charge in [-0.25, -0.2) is 0 Å². The minimum atomic E-state index is -1.86. The molecule has 1 unspecified atom stereocenters. The Morgan fingerprint density at radius 2 is 1.75 bits per heavy atom. The van der Waals surface area contributed by atoms with E-state index in [1.807, 2.05) is 19.6 Å². The highest BCUT2D eigenvalue weighted by molar-refractivity contribution is 6.71. The molecule has 1 heterocycles. The Labute approximate surface area is 171 Å². The maximum Gasteiger partial charge on any atom is 0.461 e. The summed E-state index contributed by atoms with van der Waals surface area (Å²) >= 11 is 0. The molecule has 0 bridgehead atoms. The van der Waals surface area contributed by atoms with E-state index in [4.69, 9.17) is 13.7 Å². The number of hydrogen-bond acceptors (Lipinski definition) is 4. The maximum atomic E-state index is 12.4. The van der Waals surface area contributed by atoms with Crippen molar-refractivity contribution in [2.75, 3.05) is 0 Å². The van der Waals surface area contributed by atoms with Gasteiger partial charge in [-0.2, -0.15) is 0 Å². The second-order valence-corrected chi connectivity index (χ2v) is 14.7. The highest BCUT2D eigenvalue weighted by Gasteiger charge is 2.55. The summed E-state index contributed by atoms with van der Waals surface area (Å²) in [5, 5.41) is 0. The van der Waals surface area contributed by atoms with Gasteiger partial charge in [0.05, 0.1) is 11.2 Å². The van der Waals surface area contributed by atoms with Gasteiger partial charge in [-0.05, 0) is 83.6 Å². The van der Waals surface area contributed by atoms with Crippen molar-refractivity contribution in [3.63, 3.8) is 0 Å². The van der Waals surface area contributed by atoms with E-state index in [-0.39, 0.29) is 36.0 Å². The van der Waals surface area contributed by atoms with Crippen LogP contribution in [0.15, 0.2) is 24.3 Å². The summed E-state index contributed by atoms with van der Waals surface area (Å²) in [5.74, 6) is 0.416. The summed E-state index contributed by atoms with van der Waals surface area (Å²) < 4.78 is 18.5. The molecule has 0 aromatic heterocycles. The van der Waals surface area contributed by atoms with Crippen molar-refractivity contribution in [2.24, 2.45) is 0 Å². The monoisotopic (exact) mass is 402 g/mol. The van der Waals surface area contributed by atoms with Crippen molar-refractivity contribution < 1.29 is 18.5 Å². The van der Waals surface area contributed by atoms with Crippen molar-refractivity contribution in [3.8, 4) is 0 Å². The van der Waals surface area contributed by atoms with E-state index >= 15 is 0 Å². The molecule has 0 amide bonds. The molecule has 2 atom stereocenters. The Morgan fingerprint density at radius 1 is 1.14 bits per heavy atom. The van der Waals surface area contributed by atoms with E-state index in [0.717, 1.165) is 19.3 Å². The van der Waals surface area contributed by atoms with Gasteiger partial charge in [0.25, 0.3) is 5.97 Å². The van der Waals surface area contributed by atoms with Crippen LogP contribution in [0.5, 0.6) is 0 Å². The van der Waals surface area contributed by atoms with E-state index in [2.05, 4.69) is 52.0 Å². The number of hydrogen-bond donors (Lipinski definition) is 0. The molecule has 28 heavy (non-hydrogen) atoms. The maximum absolute atomic E-state index is 12.4. The molecule has 2 aliphatic rings. The highest BCUT2D eigenvalue weighted by atomic mass is 28.4. The number of aryl methyl sites for hydroxylation is 1. The normalized spacial score (nSPS) is 26.0. The Morgan fingerprint density at radius 3 is 2.36 bits per heavy atom. The van der Waals surface area contributed by atoms with Crippen LogP contribution in [0.1, 0.15) is 64.0 Å². The number of fused-ring (bicyclic) bond motifs is 1. The predicted molar refractivity (Wildman–Crippen MR) is 116 cm³/mol. The molecule has 6 heteroatoms. The van der Waals surface area contributed by atoms with Gasteiger partial charge in [0.15, 0.2) is 0 Å². The standard InChI is InChI=1S/C22H35BO4Si/c1-21(2)22(3,4)27-23(26-21)19-14-12-16-10-8-9-11-17(16)18(19)13-15-20(24)25-28(5,6)7/h8-11,18-19H,12-15H2,1-7H3/t18?,19-/m0/s1. The summed E-state index contributed by atoms with van der Waals surface area (Å²) in [6.45, 7) is 14.6. The third kappa shape index (κ3) is 4.55. The van der Waals surface area contributed by atoms with Crippen LogP contribution in [0.4, 0.5) is 0 Å². The van der Waals surface area contributed by atoms with Crippen molar-refractivity contribution in [1.29, 1.82) is 0 Å². The molecule has 1 aromatic carbocycles. The second-order valence-electron chi connectivity index (χ2n) is 10.3. The number of rotatable bonds is 5. The molecule has 154 valence electrons. The van der Waals surface area contributed by atoms with E-state index in [9.17, 15) is 4.79 Å². The zero-order valence-corrected chi connectivity index (χ0v) is 19.5. The molecule has 0 radical (unpaired) electrons. The quantitative estimate of drug-likeness (QED) is 0.624. The Hall–Kier alpha value is -1.11. The largest absolute Gasteiger partial charge is 0.520 e. The fraction of sp³-hybridized carbons (Fsp3) is 0.682. The van der Waals surface area contributed by atoms with Crippen LogP contribution in [-0.2, 0) is 25.0 Å². The fourth-order valence-electron chi connectivity index (χ4n) is 4.30. The topological polar surface area (TPSA) is 44.8 Å². The zero-order chi connectivity index (χ0) is 20.7. The average molecular weight is 402 g/mol. The molecule has 1 saturated heterocycles. The lowest BCUT2D eigenvalue weighted by Crippen LogP contribution is -2.41. The third-order valence-electron chi connectivity index (χ3n) is 6.42. The minimum Gasteiger partial charge on any atom is -0.520 e. The molecule has 1 aromatic rings. The Kier molecular flexibility index (Phi) is 5.88. The first kappa shape index (κ1) is 21.6. The highest BCUT2D eigenvalue weighted by Crippen LogP contribution is 2.50. The first-order chi connectivity index (χ1) is 12.9. The van der Waals surface area contributed by atoms with Crippen LogP contribution in [0.3, 0.4) is 0 Å². The molecule has 0 N–H and O–H groups in total. The van der Waals surface area contributed by atoms with Gasteiger partial charge in [0.2, 0.25) is 8.32 Å². The van der Waals surface area contributed by atoms with Gasteiger partial charge < -0.3 is 13.7 Å². The molecular weight excluding hydrogens is 367 g/mol. The van der Waals surface area contributed by atoms with E-state index in [0.29, 0.717) is 6.42 Å². The van der Waals surface area contributed by atoms with Crippen LogP contribution >= 0.6 is 0 Å². The molecule has 1 aliphatic carbocycles. The Balaban J connectivity index is 1.81. The average Bonchev–Trinajstić information content (AvgIpc) is 2.78. The van der Waals surface area contributed by atoms with Gasteiger partial charge >= 0.3 is 7.12 Å². The van der Waals surface area contributed by atoms with Gasteiger partial charge in [-0.1, -0.05) is 24.3 Å². The molecule has 4 nitrogen and oxygen atoms in total. The molecular formula is C22H35BO4Si. The van der Waals surface area contributed by atoms with Crippen LogP contribution < -0.4 is 0 Å². The molecule has 1 aliphatic heterocycles. The van der Waals surface area contributed by atoms with Crippen molar-refractivity contribution in [1.82, 2.24) is 0 Å². The Bertz CT molecular complexity index is 709. The SMILES string of the molecule is CC1(C)OB([C@H]2CCc3ccccc3C2CCC(=O)O[Si](C)(C)C)OC1(C)C. The fourth-order valence-corrected chi connectivity index (χ4v) is 5.09. The van der Waals surface area contributed by atoms with Gasteiger partial charge in [-0.15, -0.1) is 0 Å². The summed E-state index contributed by atoms with van der Waals surface area (Å²) in [6, 6.07) is 8.62. The van der Waals surface area contributed by atoms with E-state index in [1.54, 1.807) is 0 Å². The first-order valence-electron chi connectivity index (χ1n) is 10.5. The van der Waals surface area contributed by atoms with Crippen molar-refractivity contribution in [2.45, 2.75) is 96.0 Å². The van der Waals surface area contributed by atoms with Gasteiger partial charge in [0, 0.05) is 12.2 Å². The van der Waals surface area contributed by atoms with Crippen molar-refractivity contribution >= 4 is 21.4 Å². The van der Waals surface area contributed by atoms with Crippen LogP contribution in [0, 0.1) is 0 Å². The summed E-state index contributed by atoms with van der Waals surface area (Å²) in [5.41, 5.74) is 2.06. The summed E-state index contributed by atoms with van der Waals surface area (Å²) in [6.07, 6.45) is 3.26. The second kappa shape index (κ2) is 7.62. The van der Waals surface area contributed by atoms with Gasteiger partial charge in [0.1, 0.15) is 0 Å². The van der Waals surface area contributed by atoms with E-state index < -0.39 is 8.32 Å². The smallest absolute Gasteiger partial charge is 0.461 e. The number of carbonyl (C=O) groups excluding carboxylic acids is 1. The summed E-state index contributed by atoms with van der Waals surface area (Å²) in [7, 11) is -2.10. The van der Waals surface area contributed by atoms with Crippen LogP contribution in [-0.4, -0.2) is 32.6 Å². The summed E-state index contributed by atoms with van der Waals surface area (Å²) in [4.78, 5) is 12.4. The number of benzene rings is 1. The lowest BCUT2D eigenvalue weighted by atomic mass is 9.57. The molecule has 1 fully saturated rings. The minimum absolute atomic E-state index is 0.0742. The molecule has 0 spiro atoms. The van der Waals surface area contributed by atoms with Crippen molar-refractivity contribution in [3.05, 3.63) is 35.4 Å². The lowest BCUT2D eigenvalue weighted by Gasteiger charge is -2.35. The predicted octanol–water partition coefficient (Wildman–Crippen LogP) is 5.34. The molecule has 3 rings (SSSR count). The van der Waals surface area contributed by atoms with Crippen LogP contribution in [0.2, 0.25) is 25.5 Å². The van der Waals surface area contributed by atoms with Gasteiger partial charge in [-0.3, -0.25) is 4.79 Å². The zero-order valence-electron chi connectivity index (χ0n) is 18.5. The van der Waals surface area contributed by atoms with E-state index in [1.165, 1.54) is 11.1 Å². The first-order valence-corrected chi connectivity index (χ1v) is 14.0. The van der Waals surface area contributed by atoms with Crippen LogP contribution in [0.25, 0.3) is 0 Å². The number of carbonyl (C=O) groups is 1. The molecule has 0 saturated carbocycles.